The van der Waals surface area contributed by atoms with Gasteiger partial charge in [0.15, 0.2) is 5.75 Å². The van der Waals surface area contributed by atoms with Crippen LogP contribution < -0.4 is 10.6 Å². The molecular formula is C24H17ClN6O11S3. The van der Waals surface area contributed by atoms with Crippen molar-refractivity contribution in [1.82, 2.24) is 15.0 Å². The molecule has 45 heavy (non-hydrogen) atoms. The number of benzene rings is 4. The van der Waals surface area contributed by atoms with E-state index < -0.39 is 67.9 Å². The second-order valence-electron chi connectivity index (χ2n) is 9.17. The maximum atomic E-state index is 12.4. The predicted octanol–water partition coefficient (Wildman–Crippen LogP) is 3.75. The monoisotopic (exact) mass is 696 g/mol. The standard InChI is InChI=1S/C24H17ClN6O11S3/c1-31(23-26-22(25)27-24(33)28-23)12-5-6-13-11(9-12)10-18(44(37,38)39)19(20(13)32)30-29-16-8-7-14-15(21(16)45(40,41)42)3-2-4-17(14)43(34,35)36/h2-10,32H,1H3,(H,34,35,36)(H,37,38,39)(H,40,41,42)(H,26,27,28,33). The Bertz CT molecular complexity index is 2490. The van der Waals surface area contributed by atoms with Crippen LogP contribution in [0.1, 0.15) is 0 Å². The molecule has 5 N–H and O–H groups in total. The van der Waals surface area contributed by atoms with Crippen molar-refractivity contribution in [3.05, 3.63) is 70.4 Å². The summed E-state index contributed by atoms with van der Waals surface area (Å²) < 4.78 is 102. The van der Waals surface area contributed by atoms with Crippen molar-refractivity contribution in [3.63, 3.8) is 0 Å². The highest BCUT2D eigenvalue weighted by molar-refractivity contribution is 7.86. The number of H-pyrrole nitrogens is 1. The summed E-state index contributed by atoms with van der Waals surface area (Å²) in [4.78, 5) is 20.2. The number of nitrogens with zero attached hydrogens (tertiary/aromatic N) is 5. The van der Waals surface area contributed by atoms with Gasteiger partial charge in [0.25, 0.3) is 30.4 Å². The van der Waals surface area contributed by atoms with E-state index in [0.717, 1.165) is 36.4 Å². The summed E-state index contributed by atoms with van der Waals surface area (Å²) in [5.74, 6) is -0.933. The molecule has 0 spiro atoms. The fraction of sp³-hybridized carbons (Fsp3) is 0.0417. The van der Waals surface area contributed by atoms with Gasteiger partial charge < -0.3 is 10.0 Å². The lowest BCUT2D eigenvalue weighted by molar-refractivity contribution is 0.472. The van der Waals surface area contributed by atoms with E-state index >= 15 is 0 Å². The first-order valence-electron chi connectivity index (χ1n) is 11.9. The van der Waals surface area contributed by atoms with E-state index in [1.165, 1.54) is 30.1 Å². The molecule has 0 amide bonds. The number of fused-ring (bicyclic) bond motifs is 2. The van der Waals surface area contributed by atoms with E-state index in [4.69, 9.17) is 11.6 Å². The molecule has 0 radical (unpaired) electrons. The lowest BCUT2D eigenvalue weighted by Gasteiger charge is -2.18. The summed E-state index contributed by atoms with van der Waals surface area (Å²) in [5, 5.41) is 17.5. The molecule has 1 aromatic heterocycles. The van der Waals surface area contributed by atoms with Crippen LogP contribution in [0.3, 0.4) is 0 Å². The number of azo groups is 1. The number of nitrogens with one attached hydrogen (secondary N) is 1. The van der Waals surface area contributed by atoms with Crippen LogP contribution >= 0.6 is 11.6 Å². The van der Waals surface area contributed by atoms with Crippen molar-refractivity contribution in [2.45, 2.75) is 14.7 Å². The quantitative estimate of drug-likeness (QED) is 0.120. The molecule has 21 heteroatoms. The number of phenolic OH excluding ortho intramolecular Hbond substituents is 1. The van der Waals surface area contributed by atoms with Crippen LogP contribution in [0.2, 0.25) is 5.28 Å². The summed E-state index contributed by atoms with van der Waals surface area (Å²) in [7, 11) is -13.6. The van der Waals surface area contributed by atoms with E-state index in [-0.39, 0.29) is 38.5 Å². The summed E-state index contributed by atoms with van der Waals surface area (Å²) in [6, 6.07) is 10.2. The zero-order chi connectivity index (χ0) is 33.1. The number of hydrogen-bond acceptors (Lipinski definition) is 13. The highest BCUT2D eigenvalue weighted by Crippen LogP contribution is 2.43. The third kappa shape index (κ3) is 6.20. The molecule has 234 valence electrons. The van der Waals surface area contributed by atoms with Gasteiger partial charge >= 0.3 is 5.69 Å². The largest absolute Gasteiger partial charge is 0.505 e. The Morgan fingerprint density at radius 2 is 1.47 bits per heavy atom. The Kier molecular flexibility index (Phi) is 7.85. The van der Waals surface area contributed by atoms with Crippen LogP contribution in [0.4, 0.5) is 23.0 Å². The first-order valence-corrected chi connectivity index (χ1v) is 16.6. The maximum absolute atomic E-state index is 12.4. The lowest BCUT2D eigenvalue weighted by atomic mass is 10.1. The minimum absolute atomic E-state index is 0.00957. The Labute approximate surface area is 257 Å². The Morgan fingerprint density at radius 3 is 2.09 bits per heavy atom. The number of phenols is 1. The number of aromatic nitrogens is 3. The molecule has 17 nitrogen and oxygen atoms in total. The molecule has 0 saturated carbocycles. The topological polar surface area (TPSA) is 270 Å². The molecule has 0 bridgehead atoms. The molecule has 0 aliphatic heterocycles. The Hall–Kier alpha value is -4.57. The predicted molar refractivity (Wildman–Crippen MR) is 159 cm³/mol. The molecule has 5 rings (SSSR count). The Morgan fingerprint density at radius 1 is 0.800 bits per heavy atom. The summed E-state index contributed by atoms with van der Waals surface area (Å²) in [6.45, 7) is 0. The van der Waals surface area contributed by atoms with Crippen molar-refractivity contribution in [2.75, 3.05) is 11.9 Å². The van der Waals surface area contributed by atoms with Crippen LogP contribution in [-0.2, 0) is 30.4 Å². The van der Waals surface area contributed by atoms with Crippen molar-refractivity contribution in [3.8, 4) is 5.75 Å². The second kappa shape index (κ2) is 11.1. The van der Waals surface area contributed by atoms with E-state index in [2.05, 4.69) is 25.2 Å². The van der Waals surface area contributed by atoms with Crippen molar-refractivity contribution in [1.29, 1.82) is 0 Å². The smallest absolute Gasteiger partial charge is 0.350 e. The average Bonchev–Trinajstić information content (AvgIpc) is 2.93. The van der Waals surface area contributed by atoms with Crippen molar-refractivity contribution in [2.24, 2.45) is 10.2 Å². The van der Waals surface area contributed by atoms with Gasteiger partial charge in [-0.2, -0.15) is 35.2 Å². The Balaban J connectivity index is 1.70. The first-order chi connectivity index (χ1) is 20.9. The van der Waals surface area contributed by atoms with Gasteiger partial charge in [-0.05, 0) is 53.4 Å². The molecular weight excluding hydrogens is 680 g/mol. The van der Waals surface area contributed by atoms with Crippen molar-refractivity contribution < 1.29 is 44.0 Å². The molecule has 0 aliphatic carbocycles. The maximum Gasteiger partial charge on any atom is 0.350 e. The molecule has 0 aliphatic rings. The summed E-state index contributed by atoms with van der Waals surface area (Å²) in [6.07, 6.45) is 0. The van der Waals surface area contributed by atoms with Gasteiger partial charge in [-0.15, -0.1) is 10.2 Å². The molecule has 4 aromatic carbocycles. The zero-order valence-corrected chi connectivity index (χ0v) is 25.4. The van der Waals surface area contributed by atoms with E-state index in [0.29, 0.717) is 0 Å². The molecule has 5 aromatic rings. The van der Waals surface area contributed by atoms with Crippen LogP contribution in [0.15, 0.2) is 84.3 Å². The second-order valence-corrected chi connectivity index (χ2v) is 13.7. The molecule has 0 atom stereocenters. The summed E-state index contributed by atoms with van der Waals surface area (Å²) in [5.41, 5.74) is -1.94. The number of aromatic amines is 1. The number of rotatable bonds is 7. The van der Waals surface area contributed by atoms with Gasteiger partial charge in [-0.1, -0.05) is 18.2 Å². The van der Waals surface area contributed by atoms with E-state index in [9.17, 15) is 48.8 Å². The van der Waals surface area contributed by atoms with E-state index in [1.54, 1.807) is 0 Å². The third-order valence-corrected chi connectivity index (χ3v) is 9.26. The third-order valence-electron chi connectivity index (χ3n) is 6.35. The van der Waals surface area contributed by atoms with E-state index in [1.807, 2.05) is 0 Å². The highest BCUT2D eigenvalue weighted by atomic mass is 35.5. The zero-order valence-electron chi connectivity index (χ0n) is 22.2. The fourth-order valence-corrected chi connectivity index (χ4v) is 6.77. The highest BCUT2D eigenvalue weighted by Gasteiger charge is 2.26. The SMILES string of the molecule is CN(c1ccc2c(O)c(N=Nc3ccc4c(S(=O)(=O)O)cccc4c3S(=O)(=O)O)c(S(=O)(=O)O)cc2c1)c1nc(Cl)[nH]c(=O)n1. The molecule has 0 unspecified atom stereocenters. The number of aromatic hydroxyl groups is 1. The van der Waals surface area contributed by atoms with Crippen LogP contribution in [-0.4, -0.2) is 66.0 Å². The van der Waals surface area contributed by atoms with Gasteiger partial charge in [0.1, 0.15) is 26.1 Å². The van der Waals surface area contributed by atoms with Gasteiger partial charge in [-0.3, -0.25) is 18.6 Å². The average molecular weight is 697 g/mol. The van der Waals surface area contributed by atoms with Crippen LogP contribution in [0.5, 0.6) is 5.75 Å². The van der Waals surface area contributed by atoms with Crippen LogP contribution in [0.25, 0.3) is 21.5 Å². The van der Waals surface area contributed by atoms with Gasteiger partial charge in [-0.25, -0.2) is 4.79 Å². The molecule has 0 saturated heterocycles. The minimum atomic E-state index is -5.16. The normalized spacial score (nSPS) is 12.7. The minimum Gasteiger partial charge on any atom is -0.505 e. The number of anilines is 2. The van der Waals surface area contributed by atoms with Gasteiger partial charge in [0.05, 0.1) is 0 Å². The van der Waals surface area contributed by atoms with Crippen molar-refractivity contribution >= 4 is 86.5 Å². The first kappa shape index (κ1) is 31.8. The van der Waals surface area contributed by atoms with Crippen LogP contribution in [0, 0.1) is 0 Å². The van der Waals surface area contributed by atoms with Gasteiger partial charge in [0.2, 0.25) is 11.2 Å². The lowest BCUT2D eigenvalue weighted by Crippen LogP contribution is -2.20. The number of hydrogen-bond donors (Lipinski definition) is 5. The molecule has 0 fully saturated rings. The molecule has 1 heterocycles. The van der Waals surface area contributed by atoms with Gasteiger partial charge in [0, 0.05) is 28.9 Å². The number of halogens is 1. The fourth-order valence-electron chi connectivity index (χ4n) is 4.42. The summed E-state index contributed by atoms with van der Waals surface area (Å²) >= 11 is 5.79.